The van der Waals surface area contributed by atoms with E-state index in [-0.39, 0.29) is 17.3 Å². The molecule has 0 saturated carbocycles. The van der Waals surface area contributed by atoms with Crippen LogP contribution in [-0.2, 0) is 4.74 Å². The second kappa shape index (κ2) is 10.2. The molecule has 0 aliphatic rings. The number of hydrogen-bond donors (Lipinski definition) is 1. The molecule has 0 radical (unpaired) electrons. The summed E-state index contributed by atoms with van der Waals surface area (Å²) in [6.45, 7) is 0. The van der Waals surface area contributed by atoms with Crippen LogP contribution < -0.4 is 5.32 Å². The third-order valence-corrected chi connectivity index (χ3v) is 5.05. The van der Waals surface area contributed by atoms with E-state index in [1.165, 1.54) is 0 Å². The lowest BCUT2D eigenvalue weighted by Crippen LogP contribution is -2.22. The minimum atomic E-state index is -1.13. The molecule has 0 aliphatic heterocycles. The third-order valence-electron chi connectivity index (χ3n) is 5.05. The van der Waals surface area contributed by atoms with Crippen molar-refractivity contribution in [3.05, 3.63) is 138 Å². The maximum absolute atomic E-state index is 13.2. The highest BCUT2D eigenvalue weighted by Crippen LogP contribution is 2.26. The van der Waals surface area contributed by atoms with Crippen molar-refractivity contribution in [3.8, 4) is 0 Å². The van der Waals surface area contributed by atoms with Crippen LogP contribution in [-0.4, -0.2) is 17.7 Å². The lowest BCUT2D eigenvalue weighted by Gasteiger charge is -2.19. The van der Waals surface area contributed by atoms with E-state index in [2.05, 4.69) is 5.32 Å². The van der Waals surface area contributed by atoms with Crippen LogP contribution in [0.2, 0.25) is 0 Å². The Morgan fingerprint density at radius 2 is 1.12 bits per heavy atom. The number of ether oxygens (including phenoxy) is 1. The largest absolute Gasteiger partial charge is 0.445 e. The van der Waals surface area contributed by atoms with E-state index in [1.807, 2.05) is 18.2 Å². The van der Waals surface area contributed by atoms with Crippen molar-refractivity contribution < 1.29 is 19.1 Å². The predicted octanol–water partition coefficient (Wildman–Crippen LogP) is 5.72. The topological polar surface area (TPSA) is 72.5 Å². The monoisotopic (exact) mass is 435 g/mol. The summed E-state index contributed by atoms with van der Waals surface area (Å²) in [6, 6.07) is 32.8. The zero-order valence-corrected chi connectivity index (χ0v) is 17.7. The molecule has 0 unspecified atom stereocenters. The number of para-hydroxylation sites is 1. The molecule has 0 saturated heterocycles. The van der Waals surface area contributed by atoms with Gasteiger partial charge in [0, 0.05) is 16.7 Å². The summed E-state index contributed by atoms with van der Waals surface area (Å²) in [7, 11) is 0. The van der Waals surface area contributed by atoms with E-state index < -0.39 is 12.1 Å². The first-order valence-corrected chi connectivity index (χ1v) is 10.4. The highest BCUT2D eigenvalue weighted by molar-refractivity contribution is 6.08. The summed E-state index contributed by atoms with van der Waals surface area (Å²) < 4.78 is 5.73. The summed E-state index contributed by atoms with van der Waals surface area (Å²) in [5, 5.41) is 2.76. The van der Waals surface area contributed by atoms with E-state index in [0.717, 1.165) is 0 Å². The Morgan fingerprint density at radius 3 is 1.76 bits per heavy atom. The van der Waals surface area contributed by atoms with Gasteiger partial charge in [0.25, 0.3) is 5.91 Å². The van der Waals surface area contributed by atoms with Crippen LogP contribution in [0.1, 0.15) is 42.7 Å². The number of rotatable bonds is 7. The van der Waals surface area contributed by atoms with Crippen molar-refractivity contribution in [1.29, 1.82) is 0 Å². The van der Waals surface area contributed by atoms with Crippen LogP contribution in [0.4, 0.5) is 5.69 Å². The molecular weight excluding hydrogens is 414 g/mol. The molecule has 5 heteroatoms. The van der Waals surface area contributed by atoms with Gasteiger partial charge in [0.05, 0.1) is 11.3 Å². The normalized spacial score (nSPS) is 11.3. The summed E-state index contributed by atoms with van der Waals surface area (Å²) in [4.78, 5) is 39.0. The highest BCUT2D eigenvalue weighted by Gasteiger charge is 2.27. The van der Waals surface area contributed by atoms with Gasteiger partial charge in [0.1, 0.15) is 0 Å². The van der Waals surface area contributed by atoms with Crippen LogP contribution in [0.5, 0.6) is 0 Å². The number of carbonyl (C=O) groups excluding carboxylic acids is 3. The standard InChI is InChI=1S/C28H21NO4/c30-25(20-12-4-1-5-13-20)26(21-14-6-2-7-15-21)33-28(32)23-18-10-11-19-24(23)29-27(31)22-16-8-3-9-17-22/h1-19,26H,(H,29,31)/t26-/m0/s1. The van der Waals surface area contributed by atoms with Crippen LogP contribution in [0.3, 0.4) is 0 Å². The summed E-state index contributed by atoms with van der Waals surface area (Å²) in [6.07, 6.45) is -1.13. The quantitative estimate of drug-likeness (QED) is 0.298. The van der Waals surface area contributed by atoms with Gasteiger partial charge in [-0.15, -0.1) is 0 Å². The Hall–Kier alpha value is -4.51. The fourth-order valence-electron chi connectivity index (χ4n) is 3.38. The van der Waals surface area contributed by atoms with Crippen LogP contribution >= 0.6 is 0 Å². The average molecular weight is 435 g/mol. The average Bonchev–Trinajstić information content (AvgIpc) is 2.88. The molecule has 0 spiro atoms. The molecule has 162 valence electrons. The number of ketones is 1. The molecule has 0 aliphatic carbocycles. The molecule has 0 bridgehead atoms. The Bertz CT molecular complexity index is 1250. The molecule has 0 fully saturated rings. The van der Waals surface area contributed by atoms with Gasteiger partial charge in [0.15, 0.2) is 6.10 Å². The van der Waals surface area contributed by atoms with E-state index >= 15 is 0 Å². The number of anilines is 1. The maximum Gasteiger partial charge on any atom is 0.341 e. The molecule has 0 heterocycles. The zero-order valence-electron chi connectivity index (χ0n) is 17.7. The van der Waals surface area contributed by atoms with Gasteiger partial charge in [-0.2, -0.15) is 0 Å². The second-order valence-electron chi connectivity index (χ2n) is 7.29. The Kier molecular flexibility index (Phi) is 6.71. The zero-order chi connectivity index (χ0) is 23.0. The van der Waals surface area contributed by atoms with Gasteiger partial charge in [-0.25, -0.2) is 4.79 Å². The van der Waals surface area contributed by atoms with E-state index in [4.69, 9.17) is 4.74 Å². The van der Waals surface area contributed by atoms with Crippen molar-refractivity contribution in [2.75, 3.05) is 5.32 Å². The van der Waals surface area contributed by atoms with Gasteiger partial charge in [0.2, 0.25) is 5.78 Å². The smallest absolute Gasteiger partial charge is 0.341 e. The Balaban J connectivity index is 1.61. The van der Waals surface area contributed by atoms with Crippen molar-refractivity contribution in [1.82, 2.24) is 0 Å². The van der Waals surface area contributed by atoms with Gasteiger partial charge >= 0.3 is 5.97 Å². The number of nitrogens with one attached hydrogen (secondary N) is 1. The number of esters is 1. The van der Waals surface area contributed by atoms with Gasteiger partial charge < -0.3 is 10.1 Å². The molecule has 33 heavy (non-hydrogen) atoms. The molecule has 1 amide bonds. The molecule has 0 aromatic heterocycles. The molecule has 1 N–H and O–H groups in total. The summed E-state index contributed by atoms with van der Waals surface area (Å²) in [5.41, 5.74) is 1.91. The molecule has 4 aromatic carbocycles. The van der Waals surface area contributed by atoms with Crippen molar-refractivity contribution in [3.63, 3.8) is 0 Å². The summed E-state index contributed by atoms with van der Waals surface area (Å²) >= 11 is 0. The SMILES string of the molecule is O=C(Nc1ccccc1C(=O)O[C@H](C(=O)c1ccccc1)c1ccccc1)c1ccccc1. The number of hydrogen-bond acceptors (Lipinski definition) is 4. The third kappa shape index (κ3) is 5.22. The van der Waals surface area contributed by atoms with Crippen molar-refractivity contribution >= 4 is 23.3 Å². The van der Waals surface area contributed by atoms with E-state index in [1.54, 1.807) is 97.1 Å². The minimum absolute atomic E-state index is 0.156. The minimum Gasteiger partial charge on any atom is -0.445 e. The van der Waals surface area contributed by atoms with Gasteiger partial charge in [-0.05, 0) is 24.3 Å². The second-order valence-corrected chi connectivity index (χ2v) is 7.29. The fourth-order valence-corrected chi connectivity index (χ4v) is 3.38. The molecule has 5 nitrogen and oxygen atoms in total. The lowest BCUT2D eigenvalue weighted by atomic mass is 9.99. The van der Waals surface area contributed by atoms with Gasteiger partial charge in [-0.3, -0.25) is 9.59 Å². The molecular formula is C28H21NO4. The first-order valence-electron chi connectivity index (χ1n) is 10.4. The van der Waals surface area contributed by atoms with Gasteiger partial charge in [-0.1, -0.05) is 91.0 Å². The lowest BCUT2D eigenvalue weighted by molar-refractivity contribution is 0.0281. The molecule has 4 aromatic rings. The number of amides is 1. The Morgan fingerprint density at radius 1 is 0.606 bits per heavy atom. The summed E-state index contributed by atoms with van der Waals surface area (Å²) in [5.74, 6) is -1.39. The van der Waals surface area contributed by atoms with E-state index in [9.17, 15) is 14.4 Å². The first kappa shape index (κ1) is 21.7. The van der Waals surface area contributed by atoms with E-state index in [0.29, 0.717) is 22.4 Å². The number of carbonyl (C=O) groups is 3. The fraction of sp³-hybridized carbons (Fsp3) is 0.0357. The molecule has 1 atom stereocenters. The molecule has 4 rings (SSSR count). The first-order chi connectivity index (χ1) is 16.1. The number of Topliss-reactive ketones (excluding diaryl/α,β-unsaturated/α-hetero) is 1. The highest BCUT2D eigenvalue weighted by atomic mass is 16.5. The van der Waals surface area contributed by atoms with Crippen molar-refractivity contribution in [2.24, 2.45) is 0 Å². The van der Waals surface area contributed by atoms with Crippen LogP contribution in [0.25, 0.3) is 0 Å². The van der Waals surface area contributed by atoms with Crippen LogP contribution in [0, 0.1) is 0 Å². The maximum atomic E-state index is 13.2. The van der Waals surface area contributed by atoms with Crippen LogP contribution in [0.15, 0.2) is 115 Å². The van der Waals surface area contributed by atoms with Crippen molar-refractivity contribution in [2.45, 2.75) is 6.10 Å². The Labute approximate surface area is 191 Å². The number of benzene rings is 4. The predicted molar refractivity (Wildman–Crippen MR) is 126 cm³/mol.